The lowest BCUT2D eigenvalue weighted by molar-refractivity contribution is 0.0997. The zero-order valence-corrected chi connectivity index (χ0v) is 33.6. The van der Waals surface area contributed by atoms with Crippen molar-refractivity contribution in [2.45, 2.75) is 19.5 Å². The van der Waals surface area contributed by atoms with E-state index in [-0.39, 0.29) is 17.0 Å². The number of ether oxygens (including phenoxy) is 2. The quantitative estimate of drug-likeness (QED) is 0.120. The van der Waals surface area contributed by atoms with Gasteiger partial charge in [-0.05, 0) is 82.9 Å². The number of fused-ring (bicyclic) bond motifs is 2. The molecule has 0 saturated carbocycles. The van der Waals surface area contributed by atoms with E-state index >= 15 is 0 Å². The average Bonchev–Trinajstić information content (AvgIpc) is 4.09. The minimum Gasteiger partial charge on any atom is -0.493 e. The fourth-order valence-electron chi connectivity index (χ4n) is 7.35. The molecule has 304 valence electrons. The van der Waals surface area contributed by atoms with E-state index in [0.717, 1.165) is 48.2 Å². The Morgan fingerprint density at radius 3 is 2.43 bits per heavy atom. The van der Waals surface area contributed by atoms with Crippen LogP contribution >= 0.6 is 0 Å². The Morgan fingerprint density at radius 1 is 0.836 bits per heavy atom. The van der Waals surface area contributed by atoms with Gasteiger partial charge in [0.15, 0.2) is 22.7 Å². The van der Waals surface area contributed by atoms with Gasteiger partial charge >= 0.3 is 0 Å². The first-order chi connectivity index (χ1) is 29.8. The molecule has 0 saturated heterocycles. The number of amides is 1. The molecule has 5 aromatic carbocycles. The molecule has 0 unspecified atom stereocenters. The second-order valence-corrected chi connectivity index (χ2v) is 14.5. The molecule has 15 heteroatoms. The SMILES string of the molecule is COc1cc(NC(=O)c2cc(=O)c3ccccc3o2)c(-c2nnn(-c3ccc(CCN(Cc4cccc(-n5ccnc5)c4)Cc4ccc5c(cnn5C)c4)cc3)n2)cc1OC. The maximum Gasteiger partial charge on any atom is 0.291 e. The Bertz CT molecular complexity index is 3060. The fourth-order valence-corrected chi connectivity index (χ4v) is 7.35. The third kappa shape index (κ3) is 8.22. The smallest absolute Gasteiger partial charge is 0.291 e. The highest BCUT2D eigenvalue weighted by Gasteiger charge is 2.21. The third-order valence-corrected chi connectivity index (χ3v) is 10.5. The molecule has 0 aliphatic carbocycles. The molecule has 1 amide bonds. The first-order valence-corrected chi connectivity index (χ1v) is 19.5. The van der Waals surface area contributed by atoms with Gasteiger partial charge in [0, 0.05) is 62.3 Å². The number of nitrogens with zero attached hydrogens (tertiary/aromatic N) is 9. The van der Waals surface area contributed by atoms with E-state index in [0.29, 0.717) is 39.4 Å². The average molecular weight is 813 g/mol. The summed E-state index contributed by atoms with van der Waals surface area (Å²) in [5, 5.41) is 22.1. The van der Waals surface area contributed by atoms with Crippen LogP contribution in [-0.4, -0.2) is 71.1 Å². The first kappa shape index (κ1) is 38.6. The summed E-state index contributed by atoms with van der Waals surface area (Å²) >= 11 is 0. The highest BCUT2D eigenvalue weighted by molar-refractivity contribution is 6.05. The number of rotatable bonds is 14. The van der Waals surface area contributed by atoms with E-state index in [9.17, 15) is 9.59 Å². The summed E-state index contributed by atoms with van der Waals surface area (Å²) in [6.07, 6.45) is 8.25. The van der Waals surface area contributed by atoms with Gasteiger partial charge in [0.25, 0.3) is 5.91 Å². The number of tetrazole rings is 1. The van der Waals surface area contributed by atoms with E-state index in [2.05, 4.69) is 90.3 Å². The number of hydrogen-bond acceptors (Lipinski definition) is 11. The van der Waals surface area contributed by atoms with E-state index in [1.807, 2.05) is 47.2 Å². The summed E-state index contributed by atoms with van der Waals surface area (Å²) in [5.74, 6) is 0.176. The topological polar surface area (TPSA) is 160 Å². The van der Waals surface area contributed by atoms with Gasteiger partial charge in [0.2, 0.25) is 5.82 Å². The van der Waals surface area contributed by atoms with Crippen LogP contribution in [0, 0.1) is 0 Å². The second kappa shape index (κ2) is 16.8. The number of aromatic nitrogens is 8. The van der Waals surface area contributed by atoms with Crippen LogP contribution < -0.4 is 20.2 Å². The summed E-state index contributed by atoms with van der Waals surface area (Å²) in [4.78, 5) is 34.4. The summed E-state index contributed by atoms with van der Waals surface area (Å²) < 4.78 is 20.8. The predicted octanol–water partition coefficient (Wildman–Crippen LogP) is 7.02. The lowest BCUT2D eigenvalue weighted by atomic mass is 10.1. The molecule has 0 atom stereocenters. The van der Waals surface area contributed by atoms with E-state index < -0.39 is 5.91 Å². The molecule has 0 aliphatic heterocycles. The number of anilines is 1. The van der Waals surface area contributed by atoms with Gasteiger partial charge in [0.05, 0.1) is 54.6 Å². The van der Waals surface area contributed by atoms with Gasteiger partial charge in [-0.15, -0.1) is 15.0 Å². The molecule has 9 rings (SSSR count). The van der Waals surface area contributed by atoms with Crippen molar-refractivity contribution in [3.05, 3.63) is 167 Å². The molecule has 1 N–H and O–H groups in total. The van der Waals surface area contributed by atoms with Crippen molar-refractivity contribution >= 4 is 33.5 Å². The van der Waals surface area contributed by atoms with Crippen LogP contribution in [0.2, 0.25) is 0 Å². The van der Waals surface area contributed by atoms with Gasteiger partial charge in [-0.3, -0.25) is 19.2 Å². The fraction of sp³-hybridized carbons (Fsp3) is 0.152. The first-order valence-electron chi connectivity index (χ1n) is 19.5. The number of aryl methyl sites for hydroxylation is 1. The zero-order chi connectivity index (χ0) is 41.9. The van der Waals surface area contributed by atoms with Crippen LogP contribution in [0.5, 0.6) is 11.5 Å². The summed E-state index contributed by atoms with van der Waals surface area (Å²) in [5.41, 5.74) is 7.10. The Morgan fingerprint density at radius 2 is 1.62 bits per heavy atom. The van der Waals surface area contributed by atoms with Crippen molar-refractivity contribution in [1.29, 1.82) is 0 Å². The maximum absolute atomic E-state index is 13.5. The highest BCUT2D eigenvalue weighted by Crippen LogP contribution is 2.38. The van der Waals surface area contributed by atoms with Gasteiger partial charge in [-0.2, -0.15) is 5.10 Å². The Kier molecular flexibility index (Phi) is 10.6. The molecule has 9 aromatic rings. The molecule has 61 heavy (non-hydrogen) atoms. The molecular weight excluding hydrogens is 773 g/mol. The largest absolute Gasteiger partial charge is 0.493 e. The van der Waals surface area contributed by atoms with Crippen LogP contribution in [0.1, 0.15) is 27.2 Å². The molecule has 0 aliphatic rings. The van der Waals surface area contributed by atoms with Crippen LogP contribution in [-0.2, 0) is 26.6 Å². The van der Waals surface area contributed by atoms with Crippen LogP contribution in [0.15, 0.2) is 143 Å². The van der Waals surface area contributed by atoms with E-state index in [1.54, 1.807) is 42.6 Å². The van der Waals surface area contributed by atoms with Crippen LogP contribution in [0.25, 0.3) is 44.6 Å². The number of para-hydroxylation sites is 1. The number of benzene rings is 5. The minimum absolute atomic E-state index is 0.157. The monoisotopic (exact) mass is 812 g/mol. The van der Waals surface area contributed by atoms with Crippen molar-refractivity contribution in [3.8, 4) is 34.3 Å². The Balaban J connectivity index is 0.936. The number of nitrogens with one attached hydrogen (secondary N) is 1. The predicted molar refractivity (Wildman–Crippen MR) is 230 cm³/mol. The molecule has 0 bridgehead atoms. The molecule has 0 radical (unpaired) electrons. The van der Waals surface area contributed by atoms with Gasteiger partial charge in [-0.25, -0.2) is 4.98 Å². The van der Waals surface area contributed by atoms with Crippen LogP contribution in [0.4, 0.5) is 5.69 Å². The van der Waals surface area contributed by atoms with Crippen molar-refractivity contribution < 1.29 is 18.7 Å². The summed E-state index contributed by atoms with van der Waals surface area (Å²) in [6, 6.07) is 34.3. The maximum atomic E-state index is 13.5. The van der Waals surface area contributed by atoms with E-state index in [4.69, 9.17) is 13.9 Å². The number of methoxy groups -OCH3 is 2. The Hall–Kier alpha value is -7.91. The number of hydrogen-bond donors (Lipinski definition) is 1. The van der Waals surface area contributed by atoms with Gasteiger partial charge in [-0.1, -0.05) is 42.5 Å². The number of carbonyl (C=O) groups excluding carboxylic acids is 1. The van der Waals surface area contributed by atoms with Crippen molar-refractivity contribution in [1.82, 2.24) is 44.4 Å². The van der Waals surface area contributed by atoms with Crippen molar-refractivity contribution in [2.75, 3.05) is 26.1 Å². The Labute approximate surface area is 349 Å². The number of imidazole rings is 1. The molecule has 4 heterocycles. The molecular formula is C46H40N10O5. The normalized spacial score (nSPS) is 11.4. The van der Waals surface area contributed by atoms with Crippen LogP contribution in [0.3, 0.4) is 0 Å². The zero-order valence-electron chi connectivity index (χ0n) is 33.6. The molecule has 0 spiro atoms. The molecule has 4 aromatic heterocycles. The molecule has 0 fully saturated rings. The van der Waals surface area contributed by atoms with Crippen molar-refractivity contribution in [2.24, 2.45) is 7.05 Å². The third-order valence-electron chi connectivity index (χ3n) is 10.5. The lowest BCUT2D eigenvalue weighted by Crippen LogP contribution is -2.25. The summed E-state index contributed by atoms with van der Waals surface area (Å²) in [7, 11) is 4.96. The van der Waals surface area contributed by atoms with Crippen molar-refractivity contribution in [3.63, 3.8) is 0 Å². The van der Waals surface area contributed by atoms with E-state index in [1.165, 1.54) is 36.2 Å². The molecule has 15 nitrogen and oxygen atoms in total. The van der Waals surface area contributed by atoms with Gasteiger partial charge < -0.3 is 23.8 Å². The standard InChI is InChI=1S/C46H40N10O5/c1-53-39-16-13-32(21-33(39)26-48-53)28-54(27-31-7-6-8-35(22-31)55-20-18-47-29-55)19-17-30-11-14-34(15-12-30)56-51-45(50-52-56)37-23-42(59-2)43(60-3)24-38(37)49-46(58)44-25-40(57)36-9-4-5-10-41(36)61-44/h4-16,18,20-26,29H,17,19,27-28H2,1-3H3,(H,49,58). The minimum atomic E-state index is -0.643. The highest BCUT2D eigenvalue weighted by atomic mass is 16.5. The number of carbonyl (C=O) groups is 1. The van der Waals surface area contributed by atoms with Gasteiger partial charge in [0.1, 0.15) is 5.58 Å². The second-order valence-electron chi connectivity index (χ2n) is 14.5. The summed E-state index contributed by atoms with van der Waals surface area (Å²) in [6.45, 7) is 2.33. The lowest BCUT2D eigenvalue weighted by Gasteiger charge is -2.23.